The van der Waals surface area contributed by atoms with Crippen LogP contribution in [0.2, 0.25) is 0 Å². The molecule has 0 spiro atoms. The summed E-state index contributed by atoms with van der Waals surface area (Å²) >= 11 is 0. The van der Waals surface area contributed by atoms with Gasteiger partial charge in [-0.3, -0.25) is 0 Å². The highest BCUT2D eigenvalue weighted by atomic mass is 16.3. The monoisotopic (exact) mass is 953 g/mol. The number of rotatable bonds is 4. The average Bonchev–Trinajstić information content (AvgIpc) is 3.87. The minimum atomic E-state index is -0.182. The van der Waals surface area contributed by atoms with Crippen molar-refractivity contribution in [3.05, 3.63) is 186 Å². The van der Waals surface area contributed by atoms with E-state index in [1.807, 2.05) is 0 Å². The van der Waals surface area contributed by atoms with E-state index in [-0.39, 0.29) is 33.9 Å². The first-order valence-corrected chi connectivity index (χ1v) is 27.0. The number of hydrogen-bond donors (Lipinski definition) is 0. The molecule has 0 amide bonds. The van der Waals surface area contributed by atoms with Crippen molar-refractivity contribution in [2.45, 2.75) is 118 Å². The van der Waals surface area contributed by atoms with Gasteiger partial charge in [0, 0.05) is 50.2 Å². The molecule has 364 valence electrons. The molecular formula is C69H69BN2O. The first kappa shape index (κ1) is 46.0. The van der Waals surface area contributed by atoms with Crippen molar-refractivity contribution in [1.29, 1.82) is 0 Å². The normalized spacial score (nSPS) is 19.1. The van der Waals surface area contributed by atoms with Gasteiger partial charge in [0.1, 0.15) is 11.2 Å². The standard InChI is InChI=1S/C69H69BN2O/c1-65(2,3)45-29-33-55(49(37-45)44-23-17-14-18-24-44)71-56-34-30-46(66(4,5)6)38-54(56)70-62-58(71)40-50-48-25-19-20-26-59(48)73-63(50)60(62)52-39-51-53(69(11,12)64-61(51)67(7,8)35-36-68(64,9)10)41-57(52)72(70)47-31-27-43(28-32-47)42-21-15-13-16-22-42/h13-34,37-41,61,64H,35-36H2,1-12H3. The van der Waals surface area contributed by atoms with Gasteiger partial charge in [0.05, 0.1) is 5.69 Å². The maximum atomic E-state index is 7.34. The number of hydrogen-bond acceptors (Lipinski definition) is 3. The van der Waals surface area contributed by atoms with Crippen molar-refractivity contribution in [2.75, 3.05) is 9.71 Å². The Morgan fingerprint density at radius 2 is 1.12 bits per heavy atom. The SMILES string of the molecule is CC(C)(C)c1ccc2c(c1)B1c3c(cc4c(oc5ccccc54)c3-c3cc4c(cc3N1c1ccc(-c3ccccc3)cc1)C(C)(C)C1C4C(C)(C)CCC1(C)C)N2c1ccc(C(C)(C)C)cc1-c1ccccc1. The average molecular weight is 953 g/mol. The predicted molar refractivity (Wildman–Crippen MR) is 312 cm³/mol. The third-order valence-corrected chi connectivity index (χ3v) is 18.3. The van der Waals surface area contributed by atoms with E-state index in [2.05, 4.69) is 257 Å². The summed E-state index contributed by atoms with van der Waals surface area (Å²) in [7, 11) is 0. The van der Waals surface area contributed by atoms with Crippen molar-refractivity contribution in [2.24, 2.45) is 16.7 Å². The molecule has 8 aromatic carbocycles. The van der Waals surface area contributed by atoms with Crippen LogP contribution in [-0.4, -0.2) is 6.85 Å². The minimum absolute atomic E-state index is 0.0431. The first-order valence-electron chi connectivity index (χ1n) is 27.0. The quantitative estimate of drug-likeness (QED) is 0.164. The highest BCUT2D eigenvalue weighted by Gasteiger charge is 2.60. The molecule has 2 aliphatic heterocycles. The fraction of sp³-hybridized carbons (Fsp3) is 0.304. The van der Waals surface area contributed by atoms with Crippen molar-refractivity contribution >= 4 is 68.1 Å². The van der Waals surface area contributed by atoms with Crippen LogP contribution in [0, 0.1) is 16.7 Å². The Kier molecular flexibility index (Phi) is 9.85. The molecule has 13 rings (SSSR count). The molecule has 2 aliphatic carbocycles. The summed E-state index contributed by atoms with van der Waals surface area (Å²) in [6, 6.07) is 62.5. The van der Waals surface area contributed by atoms with Crippen LogP contribution < -0.4 is 20.6 Å². The van der Waals surface area contributed by atoms with Gasteiger partial charge < -0.3 is 14.1 Å². The second kappa shape index (κ2) is 15.6. The Bertz CT molecular complexity index is 3690. The van der Waals surface area contributed by atoms with E-state index in [1.54, 1.807) is 0 Å². The van der Waals surface area contributed by atoms with Crippen LogP contribution in [-0.2, 0) is 16.2 Å². The number of anilines is 5. The lowest BCUT2D eigenvalue weighted by Crippen LogP contribution is -2.61. The molecule has 1 saturated carbocycles. The highest BCUT2D eigenvalue weighted by Crippen LogP contribution is 2.69. The maximum Gasteiger partial charge on any atom is 0.333 e. The highest BCUT2D eigenvalue weighted by molar-refractivity contribution is 6.94. The van der Waals surface area contributed by atoms with Crippen molar-refractivity contribution in [1.82, 2.24) is 0 Å². The summed E-state index contributed by atoms with van der Waals surface area (Å²) in [5.41, 5.74) is 23.6. The zero-order chi connectivity index (χ0) is 50.7. The lowest BCUT2D eigenvalue weighted by atomic mass is 9.43. The van der Waals surface area contributed by atoms with E-state index < -0.39 is 0 Å². The van der Waals surface area contributed by atoms with E-state index in [4.69, 9.17) is 4.42 Å². The predicted octanol–water partition coefficient (Wildman–Crippen LogP) is 18.1. The molecule has 4 aliphatic rings. The lowest BCUT2D eigenvalue weighted by Gasteiger charge is -2.53. The van der Waals surface area contributed by atoms with Gasteiger partial charge in [-0.25, -0.2) is 0 Å². The molecule has 3 nitrogen and oxygen atoms in total. The number of fused-ring (bicyclic) bond motifs is 11. The summed E-state index contributed by atoms with van der Waals surface area (Å²) in [5, 5.41) is 2.30. The third-order valence-electron chi connectivity index (χ3n) is 18.3. The molecule has 2 atom stereocenters. The molecule has 3 heterocycles. The number of nitrogens with zero attached hydrogens (tertiary/aromatic N) is 2. The molecule has 0 saturated heterocycles. The van der Waals surface area contributed by atoms with Crippen LogP contribution in [0.4, 0.5) is 28.4 Å². The van der Waals surface area contributed by atoms with Crippen LogP contribution in [0.1, 0.15) is 124 Å². The van der Waals surface area contributed by atoms with Gasteiger partial charge in [0.25, 0.3) is 0 Å². The largest absolute Gasteiger partial charge is 0.455 e. The summed E-state index contributed by atoms with van der Waals surface area (Å²) in [5.74, 6) is 0.901. The van der Waals surface area contributed by atoms with Crippen LogP contribution in [0.5, 0.6) is 0 Å². The topological polar surface area (TPSA) is 19.6 Å². The molecule has 0 radical (unpaired) electrons. The Morgan fingerprint density at radius 3 is 1.81 bits per heavy atom. The van der Waals surface area contributed by atoms with Crippen molar-refractivity contribution in [3.63, 3.8) is 0 Å². The van der Waals surface area contributed by atoms with E-state index in [1.165, 1.54) is 108 Å². The van der Waals surface area contributed by atoms with Gasteiger partial charge in [0.15, 0.2) is 0 Å². The Balaban J connectivity index is 1.19. The first-order chi connectivity index (χ1) is 34.7. The Hall–Kier alpha value is -6.78. The third kappa shape index (κ3) is 6.84. The zero-order valence-corrected chi connectivity index (χ0v) is 45.0. The van der Waals surface area contributed by atoms with Gasteiger partial charge in [-0.1, -0.05) is 192 Å². The summed E-state index contributed by atoms with van der Waals surface area (Å²) in [6.07, 6.45) is 2.44. The maximum absolute atomic E-state index is 7.34. The lowest BCUT2D eigenvalue weighted by molar-refractivity contribution is -0.000566. The summed E-state index contributed by atoms with van der Waals surface area (Å²) in [6.45, 7) is 29.2. The number of para-hydroxylation sites is 1. The van der Waals surface area contributed by atoms with Crippen LogP contribution in [0.25, 0.3) is 55.3 Å². The second-order valence-corrected chi connectivity index (χ2v) is 26.2. The van der Waals surface area contributed by atoms with Gasteiger partial charge in [-0.15, -0.1) is 0 Å². The van der Waals surface area contributed by atoms with E-state index in [0.717, 1.165) is 21.9 Å². The van der Waals surface area contributed by atoms with Gasteiger partial charge in [-0.2, -0.15) is 0 Å². The molecular weight excluding hydrogens is 884 g/mol. The van der Waals surface area contributed by atoms with Gasteiger partial charge >= 0.3 is 6.85 Å². The number of furan rings is 1. The zero-order valence-electron chi connectivity index (χ0n) is 45.0. The Labute approximate surface area is 434 Å². The van der Waals surface area contributed by atoms with Crippen molar-refractivity contribution < 1.29 is 4.42 Å². The molecule has 73 heavy (non-hydrogen) atoms. The van der Waals surface area contributed by atoms with Crippen LogP contribution >= 0.6 is 0 Å². The van der Waals surface area contributed by atoms with Gasteiger partial charge in [-0.05, 0) is 156 Å². The fourth-order valence-electron chi connectivity index (χ4n) is 14.6. The minimum Gasteiger partial charge on any atom is -0.455 e. The smallest absolute Gasteiger partial charge is 0.333 e. The summed E-state index contributed by atoms with van der Waals surface area (Å²) < 4.78 is 7.34. The molecule has 1 aromatic heterocycles. The van der Waals surface area contributed by atoms with Gasteiger partial charge in [0.2, 0.25) is 0 Å². The second-order valence-electron chi connectivity index (χ2n) is 26.2. The molecule has 9 aromatic rings. The van der Waals surface area contributed by atoms with E-state index in [0.29, 0.717) is 11.8 Å². The molecule has 0 N–H and O–H groups in total. The van der Waals surface area contributed by atoms with Crippen LogP contribution in [0.3, 0.4) is 0 Å². The fourth-order valence-corrected chi connectivity index (χ4v) is 14.6. The molecule has 1 fully saturated rings. The van der Waals surface area contributed by atoms with Crippen LogP contribution in [0.15, 0.2) is 168 Å². The molecule has 0 bridgehead atoms. The number of benzene rings is 8. The van der Waals surface area contributed by atoms with E-state index in [9.17, 15) is 0 Å². The molecule has 2 unspecified atom stereocenters. The summed E-state index contributed by atoms with van der Waals surface area (Å²) in [4.78, 5) is 5.37. The van der Waals surface area contributed by atoms with Crippen molar-refractivity contribution in [3.8, 4) is 33.4 Å². The Morgan fingerprint density at radius 1 is 0.521 bits per heavy atom. The molecule has 4 heteroatoms. The van der Waals surface area contributed by atoms with E-state index >= 15 is 0 Å².